The molecular formula is C25H29N5O2. The molecule has 1 amide bonds. The summed E-state index contributed by atoms with van der Waals surface area (Å²) in [7, 11) is 0. The Morgan fingerprint density at radius 3 is 2.75 bits per heavy atom. The van der Waals surface area contributed by atoms with Gasteiger partial charge in [0.25, 0.3) is 5.91 Å². The number of rotatable bonds is 6. The number of hydrogen-bond acceptors (Lipinski definition) is 5. The molecule has 4 N–H and O–H groups in total. The van der Waals surface area contributed by atoms with Crippen LogP contribution in [-0.2, 0) is 6.42 Å². The van der Waals surface area contributed by atoms with Crippen LogP contribution in [0.15, 0.2) is 42.9 Å². The average molecular weight is 432 g/mol. The maximum absolute atomic E-state index is 13.2. The molecule has 3 aromatic heterocycles. The lowest BCUT2D eigenvalue weighted by Crippen LogP contribution is -2.59. The number of anilines is 1. The highest BCUT2D eigenvalue weighted by atomic mass is 16.3. The quantitative estimate of drug-likeness (QED) is 0.480. The normalized spacial score (nSPS) is 30.5. The number of aliphatic hydroxyl groups is 1. The van der Waals surface area contributed by atoms with E-state index in [0.717, 1.165) is 41.7 Å². The van der Waals surface area contributed by atoms with Crippen molar-refractivity contribution in [2.75, 3.05) is 11.9 Å². The fourth-order valence-corrected chi connectivity index (χ4v) is 6.66. The largest absolute Gasteiger partial charge is 0.390 e. The molecule has 0 spiro atoms. The van der Waals surface area contributed by atoms with Crippen LogP contribution in [0.4, 0.5) is 5.69 Å². The van der Waals surface area contributed by atoms with Gasteiger partial charge in [-0.05, 0) is 68.1 Å². The number of pyridine rings is 2. The van der Waals surface area contributed by atoms with Crippen LogP contribution in [0.3, 0.4) is 0 Å². The van der Waals surface area contributed by atoms with E-state index in [9.17, 15) is 9.90 Å². The summed E-state index contributed by atoms with van der Waals surface area (Å²) in [4.78, 5) is 25.1. The zero-order valence-corrected chi connectivity index (χ0v) is 18.1. The number of amides is 1. The fourth-order valence-electron chi connectivity index (χ4n) is 6.66. The zero-order valence-electron chi connectivity index (χ0n) is 18.1. The molecule has 3 aromatic rings. The van der Waals surface area contributed by atoms with Gasteiger partial charge in [0.05, 0.1) is 16.9 Å². The highest BCUT2D eigenvalue weighted by molar-refractivity contribution is 6.06. The van der Waals surface area contributed by atoms with Crippen molar-refractivity contribution in [3.8, 4) is 0 Å². The monoisotopic (exact) mass is 431 g/mol. The van der Waals surface area contributed by atoms with Gasteiger partial charge in [-0.2, -0.15) is 0 Å². The molecule has 7 rings (SSSR count). The minimum Gasteiger partial charge on any atom is -0.390 e. The number of aromatic nitrogens is 3. The summed E-state index contributed by atoms with van der Waals surface area (Å²) >= 11 is 0. The maximum Gasteiger partial charge on any atom is 0.254 e. The second kappa shape index (κ2) is 7.59. The number of H-pyrrole nitrogens is 1. The van der Waals surface area contributed by atoms with E-state index >= 15 is 0 Å². The topological polar surface area (TPSA) is 103 Å². The van der Waals surface area contributed by atoms with E-state index in [-0.39, 0.29) is 11.9 Å². The van der Waals surface area contributed by atoms with Crippen molar-refractivity contribution in [2.24, 2.45) is 17.8 Å². The van der Waals surface area contributed by atoms with Gasteiger partial charge in [-0.1, -0.05) is 6.07 Å². The van der Waals surface area contributed by atoms with Crippen LogP contribution in [0.5, 0.6) is 0 Å². The molecule has 4 bridgehead atoms. The Hall–Kier alpha value is -2.93. The number of hydrogen-bond donors (Lipinski definition) is 4. The van der Waals surface area contributed by atoms with Crippen LogP contribution in [0, 0.1) is 17.8 Å². The van der Waals surface area contributed by atoms with Crippen molar-refractivity contribution in [3.05, 3.63) is 54.1 Å². The summed E-state index contributed by atoms with van der Waals surface area (Å²) in [5.74, 6) is 1.43. The summed E-state index contributed by atoms with van der Waals surface area (Å²) in [5.41, 5.74) is 2.70. The molecule has 4 aliphatic carbocycles. The zero-order chi connectivity index (χ0) is 21.7. The summed E-state index contributed by atoms with van der Waals surface area (Å²) in [5, 5.41) is 18.7. The number of carbonyl (C=O) groups is 1. The predicted octanol–water partition coefficient (Wildman–Crippen LogP) is 3.28. The molecule has 0 aliphatic heterocycles. The van der Waals surface area contributed by atoms with Gasteiger partial charge in [-0.25, -0.2) is 4.98 Å². The Morgan fingerprint density at radius 2 is 2.00 bits per heavy atom. The van der Waals surface area contributed by atoms with Crippen molar-refractivity contribution in [2.45, 2.75) is 50.2 Å². The Kier molecular flexibility index (Phi) is 4.68. The van der Waals surface area contributed by atoms with Crippen molar-refractivity contribution in [1.82, 2.24) is 20.3 Å². The van der Waals surface area contributed by atoms with Crippen LogP contribution in [0.1, 0.15) is 48.2 Å². The minimum absolute atomic E-state index is 0.124. The van der Waals surface area contributed by atoms with Crippen LogP contribution in [0.2, 0.25) is 0 Å². The standard InChI is InChI=1S/C25H29N5O2/c31-24(28-7-4-18-3-1-2-6-26-18)20-14-29-23-19(5-8-27-23)22(20)30-21-16-9-15-10-17(21)13-25(32,11-15)12-16/h1-3,5-6,8,14-17,21,32H,4,7,9-13H2,(H,28,31)(H2,27,29,30). The molecule has 4 aliphatic rings. The van der Waals surface area contributed by atoms with Gasteiger partial charge < -0.3 is 20.7 Å². The third kappa shape index (κ3) is 3.45. The van der Waals surface area contributed by atoms with Crippen LogP contribution in [-0.4, -0.2) is 44.2 Å². The first-order chi connectivity index (χ1) is 15.6. The van der Waals surface area contributed by atoms with E-state index in [1.165, 1.54) is 12.8 Å². The van der Waals surface area contributed by atoms with E-state index in [0.29, 0.717) is 36.3 Å². The molecule has 4 fully saturated rings. The predicted molar refractivity (Wildman–Crippen MR) is 122 cm³/mol. The van der Waals surface area contributed by atoms with Gasteiger partial charge in [0.15, 0.2) is 0 Å². The molecule has 0 aromatic carbocycles. The lowest BCUT2D eigenvalue weighted by atomic mass is 9.52. The third-order valence-electron chi connectivity index (χ3n) is 7.78. The highest BCUT2D eigenvalue weighted by Crippen LogP contribution is 2.56. The molecule has 0 saturated heterocycles. The highest BCUT2D eigenvalue weighted by Gasteiger charge is 2.54. The maximum atomic E-state index is 13.2. The van der Waals surface area contributed by atoms with E-state index in [2.05, 4.69) is 25.6 Å². The lowest BCUT2D eigenvalue weighted by Gasteiger charge is -2.58. The Labute approximate surface area is 187 Å². The van der Waals surface area contributed by atoms with Crippen molar-refractivity contribution >= 4 is 22.6 Å². The molecule has 7 nitrogen and oxygen atoms in total. The molecule has 7 heteroatoms. The number of aromatic amines is 1. The Bertz CT molecular complexity index is 1130. The van der Waals surface area contributed by atoms with Crippen LogP contribution >= 0.6 is 0 Å². The van der Waals surface area contributed by atoms with Crippen LogP contribution in [0.25, 0.3) is 11.0 Å². The molecule has 4 saturated carbocycles. The van der Waals surface area contributed by atoms with Gasteiger partial charge in [0, 0.05) is 48.7 Å². The van der Waals surface area contributed by atoms with Crippen molar-refractivity contribution in [1.29, 1.82) is 0 Å². The third-order valence-corrected chi connectivity index (χ3v) is 7.78. The van der Waals surface area contributed by atoms with E-state index < -0.39 is 5.60 Å². The number of nitrogens with one attached hydrogen (secondary N) is 3. The Morgan fingerprint density at radius 1 is 1.16 bits per heavy atom. The van der Waals surface area contributed by atoms with E-state index in [4.69, 9.17) is 0 Å². The first-order valence-corrected chi connectivity index (χ1v) is 11.7. The first kappa shape index (κ1) is 19.7. The molecule has 2 atom stereocenters. The average Bonchev–Trinajstić information content (AvgIpc) is 3.25. The molecule has 2 unspecified atom stereocenters. The first-order valence-electron chi connectivity index (χ1n) is 11.7. The molecule has 166 valence electrons. The smallest absolute Gasteiger partial charge is 0.254 e. The number of nitrogens with zero attached hydrogens (tertiary/aromatic N) is 2. The molecule has 32 heavy (non-hydrogen) atoms. The molecule has 3 heterocycles. The summed E-state index contributed by atoms with van der Waals surface area (Å²) in [6, 6.07) is 8.08. The van der Waals surface area contributed by atoms with E-state index in [1.54, 1.807) is 12.4 Å². The summed E-state index contributed by atoms with van der Waals surface area (Å²) < 4.78 is 0. The lowest BCUT2D eigenvalue weighted by molar-refractivity contribution is -0.129. The van der Waals surface area contributed by atoms with Crippen molar-refractivity contribution in [3.63, 3.8) is 0 Å². The van der Waals surface area contributed by atoms with Gasteiger partial charge in [-0.3, -0.25) is 9.78 Å². The number of fused-ring (bicyclic) bond motifs is 1. The summed E-state index contributed by atoms with van der Waals surface area (Å²) in [6.45, 7) is 0.518. The second-order valence-electron chi connectivity index (χ2n) is 9.98. The molecule has 0 radical (unpaired) electrons. The fraction of sp³-hybridized carbons (Fsp3) is 0.480. The SMILES string of the molecule is O=C(NCCc1ccccn1)c1cnc2[nH]ccc2c1NC1C2CC3CC1CC(O)(C3)C2. The van der Waals surface area contributed by atoms with Gasteiger partial charge in [-0.15, -0.1) is 0 Å². The minimum atomic E-state index is -0.470. The second-order valence-corrected chi connectivity index (χ2v) is 9.98. The van der Waals surface area contributed by atoms with E-state index in [1.807, 2.05) is 30.5 Å². The Balaban J connectivity index is 1.24. The van der Waals surface area contributed by atoms with Gasteiger partial charge >= 0.3 is 0 Å². The van der Waals surface area contributed by atoms with Gasteiger partial charge in [0.1, 0.15) is 5.65 Å². The van der Waals surface area contributed by atoms with Crippen molar-refractivity contribution < 1.29 is 9.90 Å². The number of carbonyl (C=O) groups excluding carboxylic acids is 1. The van der Waals surface area contributed by atoms with Crippen LogP contribution < -0.4 is 10.6 Å². The summed E-state index contributed by atoms with van der Waals surface area (Å²) in [6.07, 6.45) is 11.0. The van der Waals surface area contributed by atoms with Gasteiger partial charge in [0.2, 0.25) is 0 Å². The molecular weight excluding hydrogens is 402 g/mol.